The van der Waals surface area contributed by atoms with Gasteiger partial charge in [0.15, 0.2) is 0 Å². The summed E-state index contributed by atoms with van der Waals surface area (Å²) < 4.78 is 0. The Balaban J connectivity index is 1.78. The zero-order valence-electron chi connectivity index (χ0n) is 8.58. The summed E-state index contributed by atoms with van der Waals surface area (Å²) in [4.78, 5) is 22.4. The van der Waals surface area contributed by atoms with Gasteiger partial charge in [0.05, 0.1) is 11.5 Å². The molecule has 1 heterocycles. The van der Waals surface area contributed by atoms with E-state index in [0.29, 0.717) is 12.8 Å². The van der Waals surface area contributed by atoms with Gasteiger partial charge in [-0.15, -0.1) is 0 Å². The molecule has 0 bridgehead atoms. The van der Waals surface area contributed by atoms with Crippen LogP contribution in [0.5, 0.6) is 0 Å². The third-order valence-electron chi connectivity index (χ3n) is 3.29. The summed E-state index contributed by atoms with van der Waals surface area (Å²) in [5.41, 5.74) is -0.658. The average molecular weight is 212 g/mol. The molecule has 5 heteroatoms. The quantitative estimate of drug-likeness (QED) is 0.599. The Morgan fingerprint density at radius 3 is 2.67 bits per heavy atom. The number of rotatable bonds is 4. The van der Waals surface area contributed by atoms with Gasteiger partial charge in [-0.2, -0.15) is 0 Å². The third-order valence-corrected chi connectivity index (χ3v) is 3.29. The molecule has 0 aromatic carbocycles. The highest BCUT2D eigenvalue weighted by atomic mass is 16.4. The lowest BCUT2D eigenvalue weighted by molar-refractivity contribution is -0.143. The van der Waals surface area contributed by atoms with Gasteiger partial charge in [0.1, 0.15) is 0 Å². The standard InChI is InChI=1S/C10H16N2O3/c13-8(7-2-1-5-11-7)12-6-10(3-4-10)9(14)15/h7,11H,1-6H2,(H,12,13)(H,14,15). The van der Waals surface area contributed by atoms with Crippen LogP contribution in [0.4, 0.5) is 0 Å². The van der Waals surface area contributed by atoms with Crippen LogP contribution in [-0.2, 0) is 9.59 Å². The number of hydrogen-bond donors (Lipinski definition) is 3. The minimum Gasteiger partial charge on any atom is -0.481 e. The summed E-state index contributed by atoms with van der Waals surface area (Å²) in [5.74, 6) is -0.845. The van der Waals surface area contributed by atoms with E-state index in [1.54, 1.807) is 0 Å². The molecule has 0 aromatic rings. The molecule has 1 amide bonds. The van der Waals surface area contributed by atoms with E-state index in [1.807, 2.05) is 0 Å². The number of amides is 1. The Labute approximate surface area is 88.2 Å². The second-order valence-electron chi connectivity index (χ2n) is 4.45. The van der Waals surface area contributed by atoms with Gasteiger partial charge in [0, 0.05) is 6.54 Å². The van der Waals surface area contributed by atoms with Gasteiger partial charge in [0.2, 0.25) is 5.91 Å². The molecule has 3 N–H and O–H groups in total. The first kappa shape index (κ1) is 10.4. The summed E-state index contributed by atoms with van der Waals surface area (Å²) in [6.45, 7) is 1.15. The van der Waals surface area contributed by atoms with Crippen LogP contribution in [-0.4, -0.2) is 36.1 Å². The number of carbonyl (C=O) groups excluding carboxylic acids is 1. The number of aliphatic carboxylic acids is 1. The molecule has 0 spiro atoms. The predicted octanol–water partition coefficient (Wildman–Crippen LogP) is -0.281. The molecular formula is C10H16N2O3. The van der Waals surface area contributed by atoms with Gasteiger partial charge in [-0.3, -0.25) is 9.59 Å². The van der Waals surface area contributed by atoms with Crippen molar-refractivity contribution in [3.63, 3.8) is 0 Å². The topological polar surface area (TPSA) is 78.4 Å². The van der Waals surface area contributed by atoms with Crippen LogP contribution in [0.3, 0.4) is 0 Å². The van der Waals surface area contributed by atoms with E-state index in [0.717, 1.165) is 19.4 Å². The molecule has 0 aromatic heterocycles. The minimum atomic E-state index is -0.790. The van der Waals surface area contributed by atoms with Crippen molar-refractivity contribution in [3.8, 4) is 0 Å². The van der Waals surface area contributed by atoms with Crippen molar-refractivity contribution in [2.75, 3.05) is 13.1 Å². The lowest BCUT2D eigenvalue weighted by Gasteiger charge is -2.14. The number of hydrogen-bond acceptors (Lipinski definition) is 3. The fourth-order valence-electron chi connectivity index (χ4n) is 1.90. The van der Waals surface area contributed by atoms with Crippen molar-refractivity contribution in [2.24, 2.45) is 5.41 Å². The van der Waals surface area contributed by atoms with Crippen molar-refractivity contribution in [1.82, 2.24) is 10.6 Å². The van der Waals surface area contributed by atoms with Gasteiger partial charge in [-0.25, -0.2) is 0 Å². The largest absolute Gasteiger partial charge is 0.481 e. The van der Waals surface area contributed by atoms with Crippen LogP contribution < -0.4 is 10.6 Å². The Kier molecular flexibility index (Phi) is 2.65. The molecule has 1 aliphatic heterocycles. The first-order valence-electron chi connectivity index (χ1n) is 5.39. The van der Waals surface area contributed by atoms with Crippen molar-refractivity contribution < 1.29 is 14.7 Å². The maximum absolute atomic E-state index is 11.6. The fourth-order valence-corrected chi connectivity index (χ4v) is 1.90. The Morgan fingerprint density at radius 1 is 1.47 bits per heavy atom. The Morgan fingerprint density at radius 2 is 2.20 bits per heavy atom. The second kappa shape index (κ2) is 3.81. The highest BCUT2D eigenvalue weighted by Crippen LogP contribution is 2.45. The maximum atomic E-state index is 11.6. The van der Waals surface area contributed by atoms with Gasteiger partial charge in [0.25, 0.3) is 0 Å². The maximum Gasteiger partial charge on any atom is 0.311 e. The zero-order chi connectivity index (χ0) is 10.9. The van der Waals surface area contributed by atoms with Crippen LogP contribution in [0, 0.1) is 5.41 Å². The predicted molar refractivity (Wildman–Crippen MR) is 53.3 cm³/mol. The van der Waals surface area contributed by atoms with E-state index >= 15 is 0 Å². The van der Waals surface area contributed by atoms with Crippen molar-refractivity contribution >= 4 is 11.9 Å². The van der Waals surface area contributed by atoms with Crippen LogP contribution in [0.25, 0.3) is 0 Å². The number of nitrogens with one attached hydrogen (secondary N) is 2. The lowest BCUT2D eigenvalue weighted by atomic mass is 10.1. The van der Waals surface area contributed by atoms with Crippen LogP contribution >= 0.6 is 0 Å². The molecule has 2 fully saturated rings. The molecular weight excluding hydrogens is 196 g/mol. The molecule has 1 saturated heterocycles. The van der Waals surface area contributed by atoms with E-state index in [1.165, 1.54) is 0 Å². The summed E-state index contributed by atoms with van der Waals surface area (Å²) >= 11 is 0. The SMILES string of the molecule is O=C(NCC1(C(=O)O)CC1)C1CCCN1. The van der Waals surface area contributed by atoms with Crippen molar-refractivity contribution in [1.29, 1.82) is 0 Å². The zero-order valence-corrected chi connectivity index (χ0v) is 8.58. The molecule has 2 rings (SSSR count). The molecule has 5 nitrogen and oxygen atoms in total. The van der Waals surface area contributed by atoms with Gasteiger partial charge >= 0.3 is 5.97 Å². The molecule has 1 atom stereocenters. The summed E-state index contributed by atoms with van der Waals surface area (Å²) in [7, 11) is 0. The number of carboxylic acid groups (broad SMARTS) is 1. The molecule has 15 heavy (non-hydrogen) atoms. The summed E-state index contributed by atoms with van der Waals surface area (Å²) in [5, 5.41) is 14.7. The first-order valence-corrected chi connectivity index (χ1v) is 5.39. The second-order valence-corrected chi connectivity index (χ2v) is 4.45. The van der Waals surface area contributed by atoms with Gasteiger partial charge in [-0.1, -0.05) is 0 Å². The fraction of sp³-hybridized carbons (Fsp3) is 0.800. The highest BCUT2D eigenvalue weighted by Gasteiger charge is 2.50. The highest BCUT2D eigenvalue weighted by molar-refractivity contribution is 5.84. The first-order chi connectivity index (χ1) is 7.14. The van der Waals surface area contributed by atoms with Crippen molar-refractivity contribution in [2.45, 2.75) is 31.7 Å². The smallest absolute Gasteiger partial charge is 0.311 e. The number of carboxylic acids is 1. The van der Waals surface area contributed by atoms with E-state index in [4.69, 9.17) is 5.11 Å². The average Bonchev–Trinajstić information content (AvgIpc) is 2.80. The van der Waals surface area contributed by atoms with Crippen LogP contribution in [0.1, 0.15) is 25.7 Å². The van der Waals surface area contributed by atoms with Crippen LogP contribution in [0.2, 0.25) is 0 Å². The Bertz CT molecular complexity index is 280. The molecule has 1 aliphatic carbocycles. The normalized spacial score (nSPS) is 27.3. The Hall–Kier alpha value is -1.10. The van der Waals surface area contributed by atoms with E-state index in [9.17, 15) is 9.59 Å². The van der Waals surface area contributed by atoms with E-state index < -0.39 is 11.4 Å². The minimum absolute atomic E-state index is 0.0555. The molecule has 84 valence electrons. The summed E-state index contributed by atoms with van der Waals surface area (Å²) in [6.07, 6.45) is 3.23. The summed E-state index contributed by atoms with van der Waals surface area (Å²) in [6, 6.07) is -0.116. The monoisotopic (exact) mass is 212 g/mol. The van der Waals surface area contributed by atoms with E-state index in [-0.39, 0.29) is 18.5 Å². The molecule has 2 aliphatic rings. The van der Waals surface area contributed by atoms with Gasteiger partial charge in [-0.05, 0) is 32.2 Å². The lowest BCUT2D eigenvalue weighted by Crippen LogP contribution is -2.43. The number of carbonyl (C=O) groups is 2. The van der Waals surface area contributed by atoms with Gasteiger partial charge < -0.3 is 15.7 Å². The molecule has 1 unspecified atom stereocenters. The van der Waals surface area contributed by atoms with Crippen molar-refractivity contribution in [3.05, 3.63) is 0 Å². The molecule has 0 radical (unpaired) electrons. The molecule has 1 saturated carbocycles. The van der Waals surface area contributed by atoms with E-state index in [2.05, 4.69) is 10.6 Å². The van der Waals surface area contributed by atoms with Crippen LogP contribution in [0.15, 0.2) is 0 Å². The third kappa shape index (κ3) is 2.12.